The van der Waals surface area contributed by atoms with Crippen LogP contribution in [-0.2, 0) is 30.6 Å². The molecule has 37 heavy (non-hydrogen) atoms. The zero-order chi connectivity index (χ0) is 26.4. The number of anilines is 2. The van der Waals surface area contributed by atoms with Crippen LogP contribution in [0.4, 0.5) is 24.8 Å². The third kappa shape index (κ3) is 7.42. The number of benzene rings is 2. The van der Waals surface area contributed by atoms with Crippen molar-refractivity contribution in [3.63, 3.8) is 0 Å². The summed E-state index contributed by atoms with van der Waals surface area (Å²) in [5, 5.41) is 9.09. The van der Waals surface area contributed by atoms with Crippen molar-refractivity contribution in [3.05, 3.63) is 77.1 Å². The van der Waals surface area contributed by atoms with E-state index in [1.54, 1.807) is 24.5 Å². The Morgan fingerprint density at radius 1 is 1.08 bits per heavy atom. The number of carboxylic acid groups (broad SMARTS) is 1. The molecule has 0 saturated heterocycles. The number of carboxylic acids is 1. The molecule has 3 aromatic rings. The third-order valence-corrected chi connectivity index (χ3v) is 6.30. The maximum atomic E-state index is 12.6. The zero-order valence-electron chi connectivity index (χ0n) is 20.5. The zero-order valence-corrected chi connectivity index (χ0v) is 20.5. The van der Waals surface area contributed by atoms with Crippen LogP contribution in [-0.4, -0.2) is 51.9 Å². The number of alkyl halides is 3. The number of ether oxygens (including phenoxy) is 1. The second-order valence-electron chi connectivity index (χ2n) is 8.99. The predicted octanol–water partition coefficient (Wildman–Crippen LogP) is 5.15. The van der Waals surface area contributed by atoms with E-state index < -0.39 is 12.3 Å². The average molecular weight is 515 g/mol. The predicted molar refractivity (Wildman–Crippen MR) is 133 cm³/mol. The number of rotatable bonds is 10. The Kier molecular flexibility index (Phi) is 8.27. The summed E-state index contributed by atoms with van der Waals surface area (Å²) >= 11 is 0. The SMILES string of the molecule is CCc1cnc(N(CCCN2CCc3ccc(CC(=O)O)cc3C2)c2ccc(OC(F)(F)F)cc2)nc1. The van der Waals surface area contributed by atoms with Crippen LogP contribution in [0.5, 0.6) is 5.75 Å². The van der Waals surface area contributed by atoms with E-state index in [4.69, 9.17) is 5.11 Å². The van der Waals surface area contributed by atoms with Crippen molar-refractivity contribution in [2.24, 2.45) is 0 Å². The van der Waals surface area contributed by atoms with E-state index in [9.17, 15) is 18.0 Å². The van der Waals surface area contributed by atoms with Gasteiger partial charge in [0.25, 0.3) is 0 Å². The van der Waals surface area contributed by atoms with Crippen LogP contribution in [0.15, 0.2) is 54.9 Å². The summed E-state index contributed by atoms with van der Waals surface area (Å²) in [5.41, 5.74) is 4.86. The van der Waals surface area contributed by atoms with Gasteiger partial charge in [-0.15, -0.1) is 13.2 Å². The molecule has 0 spiro atoms. The van der Waals surface area contributed by atoms with Crippen molar-refractivity contribution in [2.45, 2.75) is 45.5 Å². The highest BCUT2D eigenvalue weighted by molar-refractivity contribution is 5.70. The lowest BCUT2D eigenvalue weighted by Gasteiger charge is -2.30. The van der Waals surface area contributed by atoms with Gasteiger partial charge >= 0.3 is 12.3 Å². The van der Waals surface area contributed by atoms with Gasteiger partial charge in [-0.05, 0) is 65.8 Å². The molecule has 1 aliphatic heterocycles. The molecule has 0 amide bonds. The van der Waals surface area contributed by atoms with Gasteiger partial charge in [-0.1, -0.05) is 25.1 Å². The van der Waals surface area contributed by atoms with Gasteiger partial charge in [0.1, 0.15) is 5.75 Å². The van der Waals surface area contributed by atoms with Gasteiger partial charge in [-0.2, -0.15) is 0 Å². The summed E-state index contributed by atoms with van der Waals surface area (Å²) in [6, 6.07) is 11.6. The van der Waals surface area contributed by atoms with E-state index in [0.29, 0.717) is 18.2 Å². The summed E-state index contributed by atoms with van der Waals surface area (Å²) in [7, 11) is 0. The number of nitrogens with zero attached hydrogens (tertiary/aromatic N) is 4. The molecule has 0 unspecified atom stereocenters. The standard InChI is InChI=1S/C27H29F3N4O3/c1-2-19-16-31-26(32-17-19)34(23-6-8-24(9-7-23)37-27(28,29)30)12-3-11-33-13-10-21-5-4-20(15-25(35)36)14-22(21)18-33/h4-9,14,16-17H,2-3,10-13,15,18H2,1H3,(H,35,36). The normalized spacial score (nSPS) is 13.7. The first kappa shape index (κ1) is 26.4. The largest absolute Gasteiger partial charge is 0.573 e. The van der Waals surface area contributed by atoms with Gasteiger partial charge in [0.2, 0.25) is 5.95 Å². The first-order valence-corrected chi connectivity index (χ1v) is 12.2. The molecule has 1 aliphatic rings. The van der Waals surface area contributed by atoms with Crippen LogP contribution < -0.4 is 9.64 Å². The summed E-state index contributed by atoms with van der Waals surface area (Å²) in [5.74, 6) is -0.656. The monoisotopic (exact) mass is 514 g/mol. The Balaban J connectivity index is 1.44. The average Bonchev–Trinajstić information content (AvgIpc) is 2.86. The fourth-order valence-corrected chi connectivity index (χ4v) is 4.44. The molecule has 2 heterocycles. The van der Waals surface area contributed by atoms with Gasteiger partial charge in [0.05, 0.1) is 6.42 Å². The summed E-state index contributed by atoms with van der Waals surface area (Å²) < 4.78 is 41.7. The molecule has 10 heteroatoms. The molecule has 196 valence electrons. The maximum Gasteiger partial charge on any atom is 0.573 e. The van der Waals surface area contributed by atoms with Crippen LogP contribution in [0.3, 0.4) is 0 Å². The minimum absolute atomic E-state index is 0.00582. The number of carbonyl (C=O) groups is 1. The molecule has 0 aliphatic carbocycles. The van der Waals surface area contributed by atoms with Crippen molar-refractivity contribution in [3.8, 4) is 5.75 Å². The van der Waals surface area contributed by atoms with Crippen molar-refractivity contribution in [2.75, 3.05) is 24.5 Å². The summed E-state index contributed by atoms with van der Waals surface area (Å²) in [4.78, 5) is 24.2. The van der Waals surface area contributed by atoms with Crippen LogP contribution in [0.2, 0.25) is 0 Å². The van der Waals surface area contributed by atoms with Gasteiger partial charge in [-0.3, -0.25) is 9.69 Å². The summed E-state index contributed by atoms with van der Waals surface area (Å²) in [6.07, 6.45) is 1.24. The highest BCUT2D eigenvalue weighted by Gasteiger charge is 2.31. The van der Waals surface area contributed by atoms with Crippen LogP contribution in [0.1, 0.15) is 35.6 Å². The van der Waals surface area contributed by atoms with Gasteiger partial charge in [-0.25, -0.2) is 9.97 Å². The number of aromatic nitrogens is 2. The van der Waals surface area contributed by atoms with Crippen molar-refractivity contribution >= 4 is 17.6 Å². The molecule has 1 aromatic heterocycles. The molecule has 0 atom stereocenters. The van der Waals surface area contributed by atoms with E-state index in [2.05, 4.69) is 19.6 Å². The van der Waals surface area contributed by atoms with Crippen LogP contribution in [0.25, 0.3) is 0 Å². The van der Waals surface area contributed by atoms with E-state index in [1.807, 2.05) is 30.0 Å². The number of halogens is 3. The lowest BCUT2D eigenvalue weighted by Crippen LogP contribution is -2.33. The Labute approximate surface area is 213 Å². The Hall–Kier alpha value is -3.66. The molecule has 0 saturated carbocycles. The van der Waals surface area contributed by atoms with E-state index in [1.165, 1.54) is 17.7 Å². The maximum absolute atomic E-state index is 12.6. The minimum atomic E-state index is -4.75. The van der Waals surface area contributed by atoms with Gasteiger partial charge < -0.3 is 14.7 Å². The van der Waals surface area contributed by atoms with E-state index in [0.717, 1.165) is 55.6 Å². The van der Waals surface area contributed by atoms with Crippen LogP contribution in [0, 0.1) is 0 Å². The molecule has 2 aromatic carbocycles. The van der Waals surface area contributed by atoms with E-state index in [-0.39, 0.29) is 12.2 Å². The van der Waals surface area contributed by atoms with Crippen molar-refractivity contribution in [1.29, 1.82) is 0 Å². The minimum Gasteiger partial charge on any atom is -0.481 e. The number of aryl methyl sites for hydroxylation is 1. The lowest BCUT2D eigenvalue weighted by atomic mass is 9.96. The Morgan fingerprint density at radius 2 is 1.81 bits per heavy atom. The smallest absolute Gasteiger partial charge is 0.481 e. The van der Waals surface area contributed by atoms with Crippen molar-refractivity contribution in [1.82, 2.24) is 14.9 Å². The number of fused-ring (bicyclic) bond motifs is 1. The molecule has 7 nitrogen and oxygen atoms in total. The first-order chi connectivity index (χ1) is 17.7. The molecule has 0 bridgehead atoms. The fraction of sp³-hybridized carbons (Fsp3) is 0.370. The Morgan fingerprint density at radius 3 is 2.46 bits per heavy atom. The third-order valence-electron chi connectivity index (χ3n) is 6.30. The molecular weight excluding hydrogens is 485 g/mol. The van der Waals surface area contributed by atoms with Gasteiger partial charge in [0.15, 0.2) is 0 Å². The highest BCUT2D eigenvalue weighted by Crippen LogP contribution is 2.28. The van der Waals surface area contributed by atoms with Crippen molar-refractivity contribution < 1.29 is 27.8 Å². The Bertz CT molecular complexity index is 1200. The highest BCUT2D eigenvalue weighted by atomic mass is 19.4. The summed E-state index contributed by atoms with van der Waals surface area (Å²) in [6.45, 7) is 5.01. The fourth-order valence-electron chi connectivity index (χ4n) is 4.44. The van der Waals surface area contributed by atoms with E-state index >= 15 is 0 Å². The number of hydrogen-bond acceptors (Lipinski definition) is 6. The number of aliphatic carboxylic acids is 1. The first-order valence-electron chi connectivity index (χ1n) is 12.2. The molecule has 0 fully saturated rings. The van der Waals surface area contributed by atoms with Gasteiger partial charge in [0, 0.05) is 44.3 Å². The second kappa shape index (κ2) is 11.6. The second-order valence-corrected chi connectivity index (χ2v) is 8.99. The molecule has 1 N–H and O–H groups in total. The quantitative estimate of drug-likeness (QED) is 0.401. The van der Waals surface area contributed by atoms with Crippen LogP contribution >= 0.6 is 0 Å². The number of hydrogen-bond donors (Lipinski definition) is 1. The topological polar surface area (TPSA) is 78.8 Å². The molecule has 4 rings (SSSR count). The lowest BCUT2D eigenvalue weighted by molar-refractivity contribution is -0.274. The molecular formula is C27H29F3N4O3. The molecule has 0 radical (unpaired) electrons.